The number of hydrogen-bond donors (Lipinski definition) is 1. The average Bonchev–Trinajstić information content (AvgIpc) is 3.32. The van der Waals surface area contributed by atoms with Gasteiger partial charge in [0.1, 0.15) is 0 Å². The van der Waals surface area contributed by atoms with Crippen LogP contribution in [0.1, 0.15) is 10.4 Å². The maximum absolute atomic E-state index is 13.0. The summed E-state index contributed by atoms with van der Waals surface area (Å²) in [6.45, 7) is 2.60. The molecule has 11 heteroatoms. The highest BCUT2D eigenvalue weighted by molar-refractivity contribution is 7.20. The smallest absolute Gasteiger partial charge is 0.283 e. The molecular weight excluding hydrogens is 464 g/mol. The third-order valence-corrected chi connectivity index (χ3v) is 6.71. The third-order valence-electron chi connectivity index (χ3n) is 5.89. The Morgan fingerprint density at radius 2 is 1.66 bits per heavy atom. The van der Waals surface area contributed by atoms with Crippen molar-refractivity contribution in [2.24, 2.45) is 0 Å². The fraction of sp³-hybridized carbons (Fsp3) is 0.167. The number of carbonyl (C=O) groups is 1. The molecular formula is C24H20N8O2S. The van der Waals surface area contributed by atoms with Gasteiger partial charge in [-0.1, -0.05) is 23.5 Å². The molecule has 1 amide bonds. The van der Waals surface area contributed by atoms with Crippen LogP contribution in [0.2, 0.25) is 0 Å². The van der Waals surface area contributed by atoms with Gasteiger partial charge in [0.2, 0.25) is 16.0 Å². The molecule has 174 valence electrons. The summed E-state index contributed by atoms with van der Waals surface area (Å²) < 4.78 is 1.31. The highest BCUT2D eigenvalue weighted by Crippen LogP contribution is 2.23. The van der Waals surface area contributed by atoms with E-state index in [4.69, 9.17) is 0 Å². The number of rotatable bonds is 4. The molecule has 1 saturated heterocycles. The van der Waals surface area contributed by atoms with Crippen LogP contribution in [-0.4, -0.2) is 61.6 Å². The molecule has 1 fully saturated rings. The highest BCUT2D eigenvalue weighted by atomic mass is 32.1. The van der Waals surface area contributed by atoms with Gasteiger partial charge in [0.15, 0.2) is 0 Å². The van der Waals surface area contributed by atoms with Gasteiger partial charge in [0, 0.05) is 49.8 Å². The van der Waals surface area contributed by atoms with Gasteiger partial charge in [0.05, 0.1) is 10.9 Å². The van der Waals surface area contributed by atoms with Crippen molar-refractivity contribution in [1.82, 2.24) is 29.5 Å². The molecule has 0 unspecified atom stereocenters. The minimum absolute atomic E-state index is 0.00684. The Morgan fingerprint density at radius 3 is 2.43 bits per heavy atom. The van der Waals surface area contributed by atoms with E-state index >= 15 is 0 Å². The quantitative estimate of drug-likeness (QED) is 0.415. The number of anilines is 3. The van der Waals surface area contributed by atoms with Crippen molar-refractivity contribution in [3.05, 3.63) is 82.9 Å². The Hall–Kier alpha value is -4.38. The first-order chi connectivity index (χ1) is 17.2. The number of aromatic nitrogens is 5. The fourth-order valence-corrected chi connectivity index (χ4v) is 4.89. The molecule has 10 nitrogen and oxygen atoms in total. The first-order valence-electron chi connectivity index (χ1n) is 11.1. The number of benzene rings is 2. The Bertz CT molecular complexity index is 1570. The van der Waals surface area contributed by atoms with Crippen molar-refractivity contribution in [2.75, 3.05) is 36.4 Å². The van der Waals surface area contributed by atoms with E-state index in [-0.39, 0.29) is 11.5 Å². The molecule has 5 aromatic rings. The van der Waals surface area contributed by atoms with E-state index in [0.717, 1.165) is 5.69 Å². The molecule has 6 rings (SSSR count). The number of piperazine rings is 1. The van der Waals surface area contributed by atoms with Crippen LogP contribution in [0.3, 0.4) is 0 Å². The van der Waals surface area contributed by atoms with Gasteiger partial charge in [-0.3, -0.25) is 9.59 Å². The van der Waals surface area contributed by atoms with Gasteiger partial charge >= 0.3 is 0 Å². The lowest BCUT2D eigenvalue weighted by molar-refractivity contribution is 0.0746. The van der Waals surface area contributed by atoms with E-state index in [1.807, 2.05) is 35.2 Å². The zero-order valence-corrected chi connectivity index (χ0v) is 19.4. The van der Waals surface area contributed by atoms with E-state index in [2.05, 4.69) is 30.3 Å². The normalized spacial score (nSPS) is 13.9. The van der Waals surface area contributed by atoms with Gasteiger partial charge in [-0.25, -0.2) is 15.0 Å². The summed E-state index contributed by atoms with van der Waals surface area (Å²) in [6.07, 6.45) is 3.45. The predicted octanol–water partition coefficient (Wildman–Crippen LogP) is 2.80. The van der Waals surface area contributed by atoms with Crippen molar-refractivity contribution < 1.29 is 4.79 Å². The fourth-order valence-electron chi connectivity index (χ4n) is 4.07. The number of fused-ring (bicyclic) bond motifs is 2. The van der Waals surface area contributed by atoms with E-state index in [1.54, 1.807) is 36.7 Å². The highest BCUT2D eigenvalue weighted by Gasteiger charge is 2.23. The summed E-state index contributed by atoms with van der Waals surface area (Å²) in [5.41, 5.74) is 1.83. The number of hydrogen-bond acceptors (Lipinski definition) is 9. The van der Waals surface area contributed by atoms with Crippen LogP contribution in [0.15, 0.2) is 71.8 Å². The average molecular weight is 485 g/mol. The zero-order valence-electron chi connectivity index (χ0n) is 18.5. The third kappa shape index (κ3) is 4.06. The summed E-state index contributed by atoms with van der Waals surface area (Å²) in [7, 11) is 0. The summed E-state index contributed by atoms with van der Waals surface area (Å²) in [4.78, 5) is 43.2. The Morgan fingerprint density at radius 1 is 0.914 bits per heavy atom. The Kier molecular flexibility index (Phi) is 5.30. The van der Waals surface area contributed by atoms with Gasteiger partial charge in [-0.15, -0.1) is 5.10 Å². The minimum Gasteiger partial charge on any atom is -0.337 e. The molecule has 1 aliphatic heterocycles. The predicted molar refractivity (Wildman–Crippen MR) is 135 cm³/mol. The van der Waals surface area contributed by atoms with Crippen LogP contribution in [0.25, 0.3) is 15.9 Å². The SMILES string of the molecule is O=C(c1ccc(Nc2nn3c(=O)c4ccccc4nc3s2)cc1)N1CCN(c2ncccn2)CC1. The van der Waals surface area contributed by atoms with Crippen molar-refractivity contribution in [2.45, 2.75) is 0 Å². The second kappa shape index (κ2) is 8.76. The maximum Gasteiger partial charge on any atom is 0.283 e. The van der Waals surface area contributed by atoms with Crippen molar-refractivity contribution in [1.29, 1.82) is 0 Å². The van der Waals surface area contributed by atoms with Crippen molar-refractivity contribution in [3.8, 4) is 0 Å². The van der Waals surface area contributed by atoms with Crippen molar-refractivity contribution in [3.63, 3.8) is 0 Å². The lowest BCUT2D eigenvalue weighted by Gasteiger charge is -2.34. The largest absolute Gasteiger partial charge is 0.337 e. The van der Waals surface area contributed by atoms with E-state index in [1.165, 1.54) is 15.9 Å². The molecule has 0 radical (unpaired) electrons. The van der Waals surface area contributed by atoms with E-state index in [9.17, 15) is 9.59 Å². The first-order valence-corrected chi connectivity index (χ1v) is 11.9. The van der Waals surface area contributed by atoms with Crippen LogP contribution in [0.5, 0.6) is 0 Å². The van der Waals surface area contributed by atoms with Gasteiger partial charge in [0.25, 0.3) is 11.5 Å². The summed E-state index contributed by atoms with van der Waals surface area (Å²) in [5, 5.41) is 8.66. The van der Waals surface area contributed by atoms with Gasteiger partial charge in [-0.2, -0.15) is 4.52 Å². The number of nitrogens with zero attached hydrogens (tertiary/aromatic N) is 7. The molecule has 0 aliphatic carbocycles. The first kappa shape index (κ1) is 21.2. The summed E-state index contributed by atoms with van der Waals surface area (Å²) in [5.74, 6) is 0.683. The van der Waals surface area contributed by atoms with E-state index < -0.39 is 0 Å². The molecule has 0 saturated carbocycles. The molecule has 1 N–H and O–H groups in total. The molecule has 2 aromatic carbocycles. The molecule has 0 spiro atoms. The lowest BCUT2D eigenvalue weighted by atomic mass is 10.1. The second-order valence-corrected chi connectivity index (χ2v) is 9.02. The number of nitrogens with one attached hydrogen (secondary N) is 1. The Labute approximate surface area is 203 Å². The molecule has 1 aliphatic rings. The number of amides is 1. The number of carbonyl (C=O) groups excluding carboxylic acids is 1. The van der Waals surface area contributed by atoms with Crippen molar-refractivity contribution >= 4 is 49.9 Å². The monoisotopic (exact) mass is 484 g/mol. The minimum atomic E-state index is -0.199. The zero-order chi connectivity index (χ0) is 23.8. The van der Waals surface area contributed by atoms with Gasteiger partial charge < -0.3 is 15.1 Å². The standard InChI is InChI=1S/C24H20N8O2S/c33-20(30-12-14-31(15-13-30)22-25-10-3-11-26-22)16-6-8-17(9-7-16)27-23-29-32-21(34)18-4-1-2-5-19(18)28-24(32)35-23/h1-11H,12-15H2,(H,27,29). The topological polar surface area (TPSA) is 109 Å². The van der Waals surface area contributed by atoms with Crippen LogP contribution in [-0.2, 0) is 0 Å². The Balaban J connectivity index is 1.14. The molecule has 4 heterocycles. The van der Waals surface area contributed by atoms with Gasteiger partial charge in [-0.05, 0) is 42.5 Å². The maximum atomic E-state index is 13.0. The summed E-state index contributed by atoms with van der Waals surface area (Å²) in [6, 6.07) is 16.3. The lowest BCUT2D eigenvalue weighted by Crippen LogP contribution is -2.49. The van der Waals surface area contributed by atoms with Crippen LogP contribution >= 0.6 is 11.3 Å². The second-order valence-electron chi connectivity index (χ2n) is 8.07. The molecule has 0 atom stereocenters. The number of para-hydroxylation sites is 1. The van der Waals surface area contributed by atoms with Crippen LogP contribution in [0, 0.1) is 0 Å². The summed E-state index contributed by atoms with van der Waals surface area (Å²) >= 11 is 1.29. The molecule has 0 bridgehead atoms. The molecule has 35 heavy (non-hydrogen) atoms. The molecule has 3 aromatic heterocycles. The van der Waals surface area contributed by atoms with Crippen LogP contribution in [0.4, 0.5) is 16.8 Å². The van der Waals surface area contributed by atoms with E-state index in [0.29, 0.717) is 58.7 Å². The van der Waals surface area contributed by atoms with Crippen LogP contribution < -0.4 is 15.8 Å².